The highest BCUT2D eigenvalue weighted by Crippen LogP contribution is 2.34. The molecular formula is C21H21F4N3O2. The van der Waals surface area contributed by atoms with E-state index in [9.17, 15) is 17.6 Å². The average molecular weight is 423 g/mol. The molecule has 0 spiro atoms. The molecule has 5 nitrogen and oxygen atoms in total. The van der Waals surface area contributed by atoms with Gasteiger partial charge in [0, 0.05) is 23.2 Å². The third kappa shape index (κ3) is 4.72. The van der Waals surface area contributed by atoms with Crippen LogP contribution in [-0.2, 0) is 18.2 Å². The second kappa shape index (κ2) is 7.97. The van der Waals surface area contributed by atoms with Crippen LogP contribution in [0.3, 0.4) is 0 Å². The minimum atomic E-state index is -4.66. The lowest BCUT2D eigenvalue weighted by atomic mass is 9.96. The summed E-state index contributed by atoms with van der Waals surface area (Å²) in [5.41, 5.74) is -0.00311. The predicted octanol–water partition coefficient (Wildman–Crippen LogP) is 5.51. The number of hydrogen-bond donors (Lipinski definition) is 1. The van der Waals surface area contributed by atoms with Crippen molar-refractivity contribution < 1.29 is 27.0 Å². The highest BCUT2D eigenvalue weighted by atomic mass is 19.4. The Morgan fingerprint density at radius 1 is 1.03 bits per heavy atom. The van der Waals surface area contributed by atoms with E-state index in [1.165, 1.54) is 7.11 Å². The summed E-state index contributed by atoms with van der Waals surface area (Å²) in [7, 11) is 1.50. The molecule has 0 aliphatic rings. The van der Waals surface area contributed by atoms with Crippen LogP contribution in [0.25, 0.3) is 11.3 Å². The van der Waals surface area contributed by atoms with Crippen LogP contribution in [0.15, 0.2) is 36.7 Å². The van der Waals surface area contributed by atoms with Crippen molar-refractivity contribution in [3.05, 3.63) is 59.6 Å². The number of methoxy groups -OCH3 is 1. The maximum Gasteiger partial charge on any atom is 0.417 e. The Labute approximate surface area is 171 Å². The molecular weight excluding hydrogens is 402 g/mol. The van der Waals surface area contributed by atoms with E-state index in [0.717, 1.165) is 17.1 Å². The molecule has 1 N–H and O–H groups in total. The molecule has 3 aromatic rings. The number of ether oxygens (including phenoxy) is 2. The predicted molar refractivity (Wildman–Crippen MR) is 103 cm³/mol. The van der Waals surface area contributed by atoms with Crippen molar-refractivity contribution in [3.63, 3.8) is 0 Å². The van der Waals surface area contributed by atoms with Gasteiger partial charge in [-0.1, -0.05) is 20.8 Å². The SMILES string of the molecule is COc1cc(OCc2ncc(C(F)(F)F)cc2F)ccc1-c1cnc(C(C)(C)C)[nH]1. The molecule has 0 unspecified atom stereocenters. The normalized spacial score (nSPS) is 12.1. The van der Waals surface area contributed by atoms with Crippen LogP contribution >= 0.6 is 0 Å². The number of alkyl halides is 3. The minimum absolute atomic E-state index is 0.146. The molecule has 0 bridgehead atoms. The number of halogens is 4. The van der Waals surface area contributed by atoms with Crippen molar-refractivity contribution in [1.29, 1.82) is 0 Å². The van der Waals surface area contributed by atoms with E-state index in [4.69, 9.17) is 9.47 Å². The smallest absolute Gasteiger partial charge is 0.417 e. The van der Waals surface area contributed by atoms with Crippen LogP contribution < -0.4 is 9.47 Å². The van der Waals surface area contributed by atoms with Crippen molar-refractivity contribution in [2.45, 2.75) is 39.0 Å². The van der Waals surface area contributed by atoms with Crippen LogP contribution in [0.1, 0.15) is 37.9 Å². The molecule has 0 amide bonds. The quantitative estimate of drug-likeness (QED) is 0.550. The highest BCUT2D eigenvalue weighted by Gasteiger charge is 2.32. The molecule has 2 aromatic heterocycles. The van der Waals surface area contributed by atoms with E-state index in [1.54, 1.807) is 24.4 Å². The van der Waals surface area contributed by atoms with E-state index in [0.29, 0.717) is 23.8 Å². The maximum absolute atomic E-state index is 13.9. The van der Waals surface area contributed by atoms with Gasteiger partial charge in [-0.3, -0.25) is 4.98 Å². The summed E-state index contributed by atoms with van der Waals surface area (Å²) in [6, 6.07) is 5.41. The second-order valence-corrected chi connectivity index (χ2v) is 7.70. The van der Waals surface area contributed by atoms with E-state index in [1.807, 2.05) is 20.8 Å². The van der Waals surface area contributed by atoms with Crippen molar-refractivity contribution >= 4 is 0 Å². The standard InChI is InChI=1S/C21H21F4N3O2/c1-20(2,3)19-27-10-16(28-19)14-6-5-13(8-18(14)29-4)30-11-17-15(22)7-12(9-26-17)21(23,24)25/h5-10H,11H2,1-4H3,(H,27,28). The van der Waals surface area contributed by atoms with Gasteiger partial charge < -0.3 is 14.5 Å². The number of nitrogens with zero attached hydrogens (tertiary/aromatic N) is 2. The van der Waals surface area contributed by atoms with Crippen molar-refractivity contribution in [3.8, 4) is 22.8 Å². The van der Waals surface area contributed by atoms with Crippen LogP contribution in [0, 0.1) is 5.82 Å². The van der Waals surface area contributed by atoms with Crippen LogP contribution in [0.4, 0.5) is 17.6 Å². The molecule has 9 heteroatoms. The molecule has 3 rings (SSSR count). The molecule has 30 heavy (non-hydrogen) atoms. The lowest BCUT2D eigenvalue weighted by molar-refractivity contribution is -0.138. The van der Waals surface area contributed by atoms with E-state index in [2.05, 4.69) is 15.0 Å². The van der Waals surface area contributed by atoms with Gasteiger partial charge in [0.25, 0.3) is 0 Å². The van der Waals surface area contributed by atoms with Crippen molar-refractivity contribution in [1.82, 2.24) is 15.0 Å². The number of imidazole rings is 1. The number of benzene rings is 1. The van der Waals surface area contributed by atoms with Gasteiger partial charge in [-0.25, -0.2) is 9.37 Å². The maximum atomic E-state index is 13.9. The number of hydrogen-bond acceptors (Lipinski definition) is 4. The fourth-order valence-electron chi connectivity index (χ4n) is 2.70. The number of nitrogens with one attached hydrogen (secondary N) is 1. The monoisotopic (exact) mass is 423 g/mol. The molecule has 0 fully saturated rings. The first kappa shape index (κ1) is 21.6. The molecule has 0 saturated heterocycles. The molecule has 0 aliphatic carbocycles. The number of aromatic nitrogens is 3. The molecule has 160 valence electrons. The van der Waals surface area contributed by atoms with E-state index < -0.39 is 17.6 Å². The third-order valence-electron chi connectivity index (χ3n) is 4.37. The van der Waals surface area contributed by atoms with Crippen molar-refractivity contribution in [2.24, 2.45) is 0 Å². The Morgan fingerprint density at radius 2 is 1.77 bits per heavy atom. The Bertz CT molecular complexity index is 1040. The fraction of sp³-hybridized carbons (Fsp3) is 0.333. The van der Waals surface area contributed by atoms with Crippen LogP contribution in [0.5, 0.6) is 11.5 Å². The zero-order chi connectivity index (χ0) is 22.1. The third-order valence-corrected chi connectivity index (χ3v) is 4.37. The summed E-state index contributed by atoms with van der Waals surface area (Å²) in [5.74, 6) is 0.592. The Morgan fingerprint density at radius 3 is 2.33 bits per heavy atom. The van der Waals surface area contributed by atoms with Gasteiger partial charge in [-0.2, -0.15) is 13.2 Å². The summed E-state index contributed by atoms with van der Waals surface area (Å²) in [5, 5.41) is 0. The van der Waals surface area contributed by atoms with Gasteiger partial charge in [-0.15, -0.1) is 0 Å². The lowest BCUT2D eigenvalue weighted by Gasteiger charge is -2.14. The molecule has 0 radical (unpaired) electrons. The fourth-order valence-corrected chi connectivity index (χ4v) is 2.70. The average Bonchev–Trinajstić information content (AvgIpc) is 3.16. The summed E-state index contributed by atoms with van der Waals surface area (Å²) in [6.07, 6.45) is -2.37. The molecule has 0 aliphatic heterocycles. The number of rotatable bonds is 5. The van der Waals surface area contributed by atoms with Gasteiger partial charge in [0.1, 0.15) is 35.4 Å². The zero-order valence-corrected chi connectivity index (χ0v) is 16.9. The van der Waals surface area contributed by atoms with Crippen LogP contribution in [-0.4, -0.2) is 22.1 Å². The first-order valence-electron chi connectivity index (χ1n) is 9.07. The Kier molecular flexibility index (Phi) is 5.74. The van der Waals surface area contributed by atoms with Gasteiger partial charge in [0.15, 0.2) is 0 Å². The van der Waals surface area contributed by atoms with Gasteiger partial charge in [0.2, 0.25) is 0 Å². The molecule has 2 heterocycles. The van der Waals surface area contributed by atoms with E-state index >= 15 is 0 Å². The molecule has 1 aromatic carbocycles. The summed E-state index contributed by atoms with van der Waals surface area (Å²) >= 11 is 0. The second-order valence-electron chi connectivity index (χ2n) is 7.70. The number of H-pyrrole nitrogens is 1. The van der Waals surface area contributed by atoms with Crippen LogP contribution in [0.2, 0.25) is 0 Å². The summed E-state index contributed by atoms with van der Waals surface area (Å²) < 4.78 is 62.7. The lowest BCUT2D eigenvalue weighted by Crippen LogP contribution is -2.13. The topological polar surface area (TPSA) is 60.0 Å². The number of aromatic amines is 1. The summed E-state index contributed by atoms with van der Waals surface area (Å²) in [4.78, 5) is 11.2. The largest absolute Gasteiger partial charge is 0.496 e. The zero-order valence-electron chi connectivity index (χ0n) is 16.9. The molecule has 0 atom stereocenters. The van der Waals surface area contributed by atoms with Gasteiger partial charge in [-0.05, 0) is 18.2 Å². The van der Waals surface area contributed by atoms with Crippen molar-refractivity contribution in [2.75, 3.05) is 7.11 Å². The Balaban J connectivity index is 1.78. The van der Waals surface area contributed by atoms with E-state index in [-0.39, 0.29) is 17.7 Å². The first-order valence-corrected chi connectivity index (χ1v) is 9.07. The number of pyridine rings is 1. The minimum Gasteiger partial charge on any atom is -0.496 e. The Hall–Kier alpha value is -3.10. The van der Waals surface area contributed by atoms with Gasteiger partial charge in [0.05, 0.1) is 24.6 Å². The van der Waals surface area contributed by atoms with Gasteiger partial charge >= 0.3 is 6.18 Å². The summed E-state index contributed by atoms with van der Waals surface area (Å²) in [6.45, 7) is 5.79. The first-order chi connectivity index (χ1) is 14.0. The molecule has 0 saturated carbocycles. The highest BCUT2D eigenvalue weighted by molar-refractivity contribution is 5.68.